The summed E-state index contributed by atoms with van der Waals surface area (Å²) in [6.45, 7) is 1.91. The fourth-order valence-corrected chi connectivity index (χ4v) is 1.94. The van der Waals surface area contributed by atoms with E-state index in [2.05, 4.69) is 10.1 Å². The third-order valence-electron chi connectivity index (χ3n) is 2.75. The van der Waals surface area contributed by atoms with Crippen molar-refractivity contribution in [3.05, 3.63) is 66.5 Å². The summed E-state index contributed by atoms with van der Waals surface area (Å²) in [7, 11) is 0. The predicted molar refractivity (Wildman–Crippen MR) is 71.5 cm³/mol. The SMILES string of the molecule is Cc1nc(-c2ccccc2)n(-c2ccccc2)n1. The molecule has 0 saturated carbocycles. The summed E-state index contributed by atoms with van der Waals surface area (Å²) in [5, 5.41) is 4.46. The molecule has 0 atom stereocenters. The molecule has 0 saturated heterocycles. The molecule has 1 heterocycles. The summed E-state index contributed by atoms with van der Waals surface area (Å²) in [6, 6.07) is 20.2. The zero-order chi connectivity index (χ0) is 12.4. The van der Waals surface area contributed by atoms with Gasteiger partial charge in [-0.3, -0.25) is 0 Å². The Morgan fingerprint density at radius 1 is 0.833 bits per heavy atom. The van der Waals surface area contributed by atoms with E-state index in [4.69, 9.17) is 0 Å². The van der Waals surface area contributed by atoms with Crippen LogP contribution in [0.3, 0.4) is 0 Å². The summed E-state index contributed by atoms with van der Waals surface area (Å²) in [4.78, 5) is 4.51. The van der Waals surface area contributed by atoms with Crippen LogP contribution in [0, 0.1) is 6.92 Å². The Kier molecular flexibility index (Phi) is 2.65. The fourth-order valence-electron chi connectivity index (χ4n) is 1.94. The van der Waals surface area contributed by atoms with Crippen LogP contribution in [-0.4, -0.2) is 14.8 Å². The number of aryl methyl sites for hydroxylation is 1. The Labute approximate surface area is 106 Å². The van der Waals surface area contributed by atoms with E-state index in [1.807, 2.05) is 72.3 Å². The summed E-state index contributed by atoms with van der Waals surface area (Å²) in [6.07, 6.45) is 0. The lowest BCUT2D eigenvalue weighted by Crippen LogP contribution is -1.99. The maximum Gasteiger partial charge on any atom is 0.163 e. The van der Waals surface area contributed by atoms with Crippen molar-refractivity contribution < 1.29 is 0 Å². The van der Waals surface area contributed by atoms with Crippen molar-refractivity contribution in [3.8, 4) is 17.1 Å². The van der Waals surface area contributed by atoms with Gasteiger partial charge >= 0.3 is 0 Å². The van der Waals surface area contributed by atoms with Crippen LogP contribution < -0.4 is 0 Å². The van der Waals surface area contributed by atoms with Gasteiger partial charge in [-0.15, -0.1) is 0 Å². The van der Waals surface area contributed by atoms with Gasteiger partial charge in [-0.05, 0) is 19.1 Å². The maximum absolute atomic E-state index is 4.51. The van der Waals surface area contributed by atoms with E-state index in [9.17, 15) is 0 Å². The van der Waals surface area contributed by atoms with Crippen LogP contribution in [0.5, 0.6) is 0 Å². The van der Waals surface area contributed by atoms with Gasteiger partial charge in [0.25, 0.3) is 0 Å². The molecule has 0 aliphatic carbocycles. The van der Waals surface area contributed by atoms with Crippen LogP contribution in [0.15, 0.2) is 60.7 Å². The van der Waals surface area contributed by atoms with Crippen molar-refractivity contribution in [1.82, 2.24) is 14.8 Å². The third-order valence-corrected chi connectivity index (χ3v) is 2.75. The smallest absolute Gasteiger partial charge is 0.163 e. The van der Waals surface area contributed by atoms with Crippen LogP contribution in [0.2, 0.25) is 0 Å². The molecule has 0 aliphatic rings. The summed E-state index contributed by atoms with van der Waals surface area (Å²) < 4.78 is 1.88. The molecule has 2 aromatic carbocycles. The van der Waals surface area contributed by atoms with Crippen molar-refractivity contribution in [3.63, 3.8) is 0 Å². The molecule has 3 nitrogen and oxygen atoms in total. The minimum absolute atomic E-state index is 0.776. The summed E-state index contributed by atoms with van der Waals surface area (Å²) in [5.41, 5.74) is 2.10. The lowest BCUT2D eigenvalue weighted by molar-refractivity contribution is 0.869. The average molecular weight is 235 g/mol. The average Bonchev–Trinajstić information content (AvgIpc) is 2.83. The van der Waals surface area contributed by atoms with E-state index in [0.29, 0.717) is 0 Å². The second-order valence-corrected chi connectivity index (χ2v) is 4.10. The zero-order valence-electron chi connectivity index (χ0n) is 10.1. The highest BCUT2D eigenvalue weighted by Gasteiger charge is 2.10. The number of nitrogens with zero attached hydrogens (tertiary/aromatic N) is 3. The molecule has 3 rings (SSSR count). The van der Waals surface area contributed by atoms with Crippen molar-refractivity contribution in [2.24, 2.45) is 0 Å². The van der Waals surface area contributed by atoms with Crippen LogP contribution >= 0.6 is 0 Å². The normalized spacial score (nSPS) is 10.5. The molecule has 0 amide bonds. The van der Waals surface area contributed by atoms with Gasteiger partial charge in [0.15, 0.2) is 5.82 Å². The van der Waals surface area contributed by atoms with E-state index in [1.54, 1.807) is 0 Å². The highest BCUT2D eigenvalue weighted by molar-refractivity contribution is 5.57. The molecular weight excluding hydrogens is 222 g/mol. The van der Waals surface area contributed by atoms with Crippen LogP contribution in [0.1, 0.15) is 5.82 Å². The Morgan fingerprint density at radius 3 is 2.11 bits per heavy atom. The standard InChI is InChI=1S/C15H13N3/c1-12-16-15(13-8-4-2-5-9-13)18(17-12)14-10-6-3-7-11-14/h2-11H,1H3. The Hall–Kier alpha value is -2.42. The first-order chi connectivity index (χ1) is 8.84. The minimum Gasteiger partial charge on any atom is -0.213 e. The van der Waals surface area contributed by atoms with Crippen molar-refractivity contribution in [2.75, 3.05) is 0 Å². The molecule has 0 spiro atoms. The second-order valence-electron chi connectivity index (χ2n) is 4.10. The second kappa shape index (κ2) is 4.45. The number of aromatic nitrogens is 3. The van der Waals surface area contributed by atoms with E-state index >= 15 is 0 Å². The Balaban J connectivity index is 2.17. The van der Waals surface area contributed by atoms with Crippen LogP contribution in [0.4, 0.5) is 0 Å². The first-order valence-corrected chi connectivity index (χ1v) is 5.89. The molecule has 0 bridgehead atoms. The highest BCUT2D eigenvalue weighted by atomic mass is 15.3. The van der Waals surface area contributed by atoms with Gasteiger partial charge in [0, 0.05) is 5.56 Å². The molecule has 3 aromatic rings. The molecule has 0 radical (unpaired) electrons. The Bertz CT molecular complexity index is 585. The van der Waals surface area contributed by atoms with Gasteiger partial charge in [-0.25, -0.2) is 9.67 Å². The van der Waals surface area contributed by atoms with Gasteiger partial charge in [-0.1, -0.05) is 48.5 Å². The first kappa shape index (κ1) is 10.7. The zero-order valence-corrected chi connectivity index (χ0v) is 10.1. The van der Waals surface area contributed by atoms with Crippen molar-refractivity contribution >= 4 is 0 Å². The predicted octanol–water partition coefficient (Wildman–Crippen LogP) is 3.24. The molecule has 0 unspecified atom stereocenters. The third kappa shape index (κ3) is 1.91. The molecule has 18 heavy (non-hydrogen) atoms. The van der Waals surface area contributed by atoms with Crippen molar-refractivity contribution in [2.45, 2.75) is 6.92 Å². The number of para-hydroxylation sites is 1. The molecule has 88 valence electrons. The topological polar surface area (TPSA) is 30.7 Å². The lowest BCUT2D eigenvalue weighted by atomic mass is 10.2. The number of benzene rings is 2. The number of rotatable bonds is 2. The van der Waals surface area contributed by atoms with E-state index < -0.39 is 0 Å². The van der Waals surface area contributed by atoms with E-state index in [1.165, 1.54) is 0 Å². The molecule has 1 aromatic heterocycles. The summed E-state index contributed by atoms with van der Waals surface area (Å²) in [5.74, 6) is 1.65. The minimum atomic E-state index is 0.776. The molecule has 0 N–H and O–H groups in total. The molecular formula is C15H13N3. The maximum atomic E-state index is 4.51. The fraction of sp³-hybridized carbons (Fsp3) is 0.0667. The molecule has 3 heteroatoms. The van der Waals surface area contributed by atoms with Gasteiger partial charge in [0.1, 0.15) is 5.82 Å². The van der Waals surface area contributed by atoms with E-state index in [-0.39, 0.29) is 0 Å². The van der Waals surface area contributed by atoms with Crippen molar-refractivity contribution in [1.29, 1.82) is 0 Å². The monoisotopic (exact) mass is 235 g/mol. The van der Waals surface area contributed by atoms with Gasteiger partial charge in [-0.2, -0.15) is 5.10 Å². The number of hydrogen-bond acceptors (Lipinski definition) is 2. The quantitative estimate of drug-likeness (QED) is 0.682. The lowest BCUT2D eigenvalue weighted by Gasteiger charge is -2.05. The number of hydrogen-bond donors (Lipinski definition) is 0. The summed E-state index contributed by atoms with van der Waals surface area (Å²) >= 11 is 0. The van der Waals surface area contributed by atoms with Gasteiger partial charge in [0.2, 0.25) is 0 Å². The Morgan fingerprint density at radius 2 is 1.44 bits per heavy atom. The van der Waals surface area contributed by atoms with E-state index in [0.717, 1.165) is 22.9 Å². The first-order valence-electron chi connectivity index (χ1n) is 5.89. The molecule has 0 aliphatic heterocycles. The molecule has 0 fully saturated rings. The van der Waals surface area contributed by atoms with Gasteiger partial charge in [0.05, 0.1) is 5.69 Å². The van der Waals surface area contributed by atoms with Crippen LogP contribution in [-0.2, 0) is 0 Å². The largest absolute Gasteiger partial charge is 0.213 e. The van der Waals surface area contributed by atoms with Crippen LogP contribution in [0.25, 0.3) is 17.1 Å². The highest BCUT2D eigenvalue weighted by Crippen LogP contribution is 2.20. The van der Waals surface area contributed by atoms with Gasteiger partial charge < -0.3 is 0 Å².